The lowest BCUT2D eigenvalue weighted by Gasteiger charge is -2.19. The molecule has 1 N–H and O–H groups in total. The number of amides is 1. The molecule has 2 unspecified atom stereocenters. The topological polar surface area (TPSA) is 49.8 Å². The van der Waals surface area contributed by atoms with Gasteiger partial charge in [-0.15, -0.1) is 0 Å². The third-order valence-corrected chi connectivity index (χ3v) is 3.17. The molecule has 0 saturated carbocycles. The minimum atomic E-state index is -1.39. The van der Waals surface area contributed by atoms with Crippen molar-refractivity contribution in [3.63, 3.8) is 0 Å². The average molecular weight is 288 g/mol. The highest BCUT2D eigenvalue weighted by atomic mass is 35.5. The van der Waals surface area contributed by atoms with Gasteiger partial charge in [-0.3, -0.25) is 9.69 Å². The van der Waals surface area contributed by atoms with Crippen molar-refractivity contribution < 1.29 is 14.6 Å². The highest BCUT2D eigenvalue weighted by molar-refractivity contribution is 6.35. The number of hydrogen-bond acceptors (Lipinski definition) is 3. The standard InChI is InChI=1S/C12H11Cl2NO3/c1-3-12(2)10(16)15(11(17)18-12)9-5-7(13)4-8(14)6-9/h3-6,11,17H,1H2,2H3. The lowest BCUT2D eigenvalue weighted by Crippen LogP contribution is -2.38. The fourth-order valence-corrected chi connectivity index (χ4v) is 2.23. The Hall–Kier alpha value is -1.07. The zero-order valence-electron chi connectivity index (χ0n) is 9.56. The van der Waals surface area contributed by atoms with Crippen molar-refractivity contribution in [2.45, 2.75) is 18.9 Å². The summed E-state index contributed by atoms with van der Waals surface area (Å²) in [6, 6.07) is 4.58. The van der Waals surface area contributed by atoms with Crippen LogP contribution in [0.4, 0.5) is 5.69 Å². The van der Waals surface area contributed by atoms with Gasteiger partial charge in [-0.05, 0) is 25.1 Å². The van der Waals surface area contributed by atoms with Gasteiger partial charge in [0, 0.05) is 10.0 Å². The van der Waals surface area contributed by atoms with Crippen LogP contribution < -0.4 is 4.90 Å². The molecule has 0 spiro atoms. The fourth-order valence-electron chi connectivity index (χ4n) is 1.72. The van der Waals surface area contributed by atoms with Crippen LogP contribution in [-0.2, 0) is 9.53 Å². The quantitative estimate of drug-likeness (QED) is 0.851. The third kappa shape index (κ3) is 2.12. The van der Waals surface area contributed by atoms with Gasteiger partial charge >= 0.3 is 0 Å². The van der Waals surface area contributed by atoms with E-state index in [9.17, 15) is 9.90 Å². The number of carbonyl (C=O) groups is 1. The Kier molecular flexibility index (Phi) is 3.38. The first-order chi connectivity index (χ1) is 8.37. The number of carbonyl (C=O) groups excluding carboxylic acids is 1. The molecule has 0 bridgehead atoms. The number of aliphatic hydroxyl groups excluding tert-OH is 1. The lowest BCUT2D eigenvalue weighted by molar-refractivity contribution is -0.135. The number of nitrogens with zero attached hydrogens (tertiary/aromatic N) is 1. The Morgan fingerprint density at radius 2 is 2.00 bits per heavy atom. The second-order valence-corrected chi connectivity index (χ2v) is 4.93. The van der Waals surface area contributed by atoms with E-state index in [1.165, 1.54) is 31.2 Å². The molecule has 1 amide bonds. The van der Waals surface area contributed by atoms with Gasteiger partial charge in [0.05, 0.1) is 5.69 Å². The smallest absolute Gasteiger partial charge is 0.267 e. The molecule has 1 aromatic rings. The summed E-state index contributed by atoms with van der Waals surface area (Å²) in [4.78, 5) is 13.3. The van der Waals surface area contributed by atoms with Crippen LogP contribution in [0.5, 0.6) is 0 Å². The molecule has 96 valence electrons. The van der Waals surface area contributed by atoms with Crippen molar-refractivity contribution in [3.05, 3.63) is 40.9 Å². The highest BCUT2D eigenvalue weighted by Crippen LogP contribution is 2.34. The van der Waals surface area contributed by atoms with E-state index >= 15 is 0 Å². The molecule has 2 rings (SSSR count). The molecular formula is C12H11Cl2NO3. The van der Waals surface area contributed by atoms with Gasteiger partial charge in [0.15, 0.2) is 5.60 Å². The maximum Gasteiger partial charge on any atom is 0.267 e. The summed E-state index contributed by atoms with van der Waals surface area (Å²) in [5.41, 5.74) is -0.885. The third-order valence-electron chi connectivity index (χ3n) is 2.73. The van der Waals surface area contributed by atoms with Gasteiger partial charge in [0.1, 0.15) is 0 Å². The van der Waals surface area contributed by atoms with E-state index in [1.807, 2.05) is 0 Å². The van der Waals surface area contributed by atoms with Crippen LogP contribution in [0.3, 0.4) is 0 Å². The lowest BCUT2D eigenvalue weighted by atomic mass is 10.1. The van der Waals surface area contributed by atoms with E-state index in [0.717, 1.165) is 4.90 Å². The molecular weight excluding hydrogens is 277 g/mol. The number of aliphatic hydroxyl groups is 1. The van der Waals surface area contributed by atoms with Crippen LogP contribution >= 0.6 is 23.2 Å². The van der Waals surface area contributed by atoms with E-state index < -0.39 is 17.9 Å². The number of anilines is 1. The predicted octanol–water partition coefficient (Wildman–Crippen LogP) is 2.58. The summed E-state index contributed by atoms with van der Waals surface area (Å²) < 4.78 is 5.18. The normalized spacial score (nSPS) is 27.7. The Morgan fingerprint density at radius 1 is 1.44 bits per heavy atom. The number of halogens is 2. The molecule has 1 saturated heterocycles. The van der Waals surface area contributed by atoms with Crippen LogP contribution in [0, 0.1) is 0 Å². The average Bonchev–Trinajstić information content (AvgIpc) is 2.49. The zero-order valence-corrected chi connectivity index (χ0v) is 11.1. The summed E-state index contributed by atoms with van der Waals surface area (Å²) >= 11 is 11.7. The van der Waals surface area contributed by atoms with E-state index in [4.69, 9.17) is 27.9 Å². The molecule has 0 aromatic heterocycles. The molecule has 1 aliphatic rings. The summed E-state index contributed by atoms with van der Waals surface area (Å²) in [7, 11) is 0. The summed E-state index contributed by atoms with van der Waals surface area (Å²) in [6.07, 6.45) is -0.0555. The van der Waals surface area contributed by atoms with E-state index in [0.29, 0.717) is 15.7 Å². The van der Waals surface area contributed by atoms with Crippen LogP contribution in [-0.4, -0.2) is 23.0 Å². The van der Waals surface area contributed by atoms with Gasteiger partial charge in [-0.2, -0.15) is 0 Å². The molecule has 6 heteroatoms. The predicted molar refractivity (Wildman–Crippen MR) is 69.6 cm³/mol. The maximum atomic E-state index is 12.2. The number of ether oxygens (including phenoxy) is 1. The zero-order chi connectivity index (χ0) is 13.5. The number of hydrogen-bond donors (Lipinski definition) is 1. The Morgan fingerprint density at radius 3 is 2.44 bits per heavy atom. The summed E-state index contributed by atoms with van der Waals surface area (Å²) in [5, 5.41) is 10.5. The van der Waals surface area contributed by atoms with Gasteiger partial charge in [0.25, 0.3) is 5.91 Å². The molecule has 4 nitrogen and oxygen atoms in total. The summed E-state index contributed by atoms with van der Waals surface area (Å²) in [5.74, 6) is -0.427. The van der Waals surface area contributed by atoms with Crippen LogP contribution in [0.25, 0.3) is 0 Å². The minimum absolute atomic E-state index is 0.365. The van der Waals surface area contributed by atoms with Gasteiger partial charge in [0.2, 0.25) is 6.41 Å². The second-order valence-electron chi connectivity index (χ2n) is 4.06. The molecule has 1 aliphatic heterocycles. The Bertz CT molecular complexity index is 500. The molecule has 1 heterocycles. The molecule has 0 radical (unpaired) electrons. The van der Waals surface area contributed by atoms with E-state index in [1.54, 1.807) is 0 Å². The Labute approximate surface area is 114 Å². The fraction of sp³-hybridized carbons (Fsp3) is 0.250. The molecule has 0 aliphatic carbocycles. The van der Waals surface area contributed by atoms with Crippen LogP contribution in [0.2, 0.25) is 10.0 Å². The second kappa shape index (κ2) is 4.55. The first-order valence-electron chi connectivity index (χ1n) is 5.16. The van der Waals surface area contributed by atoms with Crippen molar-refractivity contribution in [2.75, 3.05) is 4.90 Å². The molecule has 18 heavy (non-hydrogen) atoms. The molecule has 1 aromatic carbocycles. The number of rotatable bonds is 2. The van der Waals surface area contributed by atoms with Gasteiger partial charge in [-0.1, -0.05) is 35.9 Å². The molecule has 2 atom stereocenters. The maximum absolute atomic E-state index is 12.2. The SMILES string of the molecule is C=CC1(C)OC(O)N(c2cc(Cl)cc(Cl)c2)C1=O. The van der Waals surface area contributed by atoms with E-state index in [2.05, 4.69) is 6.58 Å². The minimum Gasteiger partial charge on any atom is -0.351 e. The van der Waals surface area contributed by atoms with Crippen molar-refractivity contribution in [1.82, 2.24) is 0 Å². The van der Waals surface area contributed by atoms with Crippen LogP contribution in [0.1, 0.15) is 6.92 Å². The van der Waals surface area contributed by atoms with Crippen LogP contribution in [0.15, 0.2) is 30.9 Å². The van der Waals surface area contributed by atoms with Crippen molar-refractivity contribution in [3.8, 4) is 0 Å². The van der Waals surface area contributed by atoms with Gasteiger partial charge < -0.3 is 9.84 Å². The monoisotopic (exact) mass is 287 g/mol. The van der Waals surface area contributed by atoms with E-state index in [-0.39, 0.29) is 0 Å². The highest BCUT2D eigenvalue weighted by Gasteiger charge is 2.48. The first-order valence-corrected chi connectivity index (χ1v) is 5.92. The van der Waals surface area contributed by atoms with Crippen molar-refractivity contribution >= 4 is 34.8 Å². The van der Waals surface area contributed by atoms with Crippen molar-refractivity contribution in [2.24, 2.45) is 0 Å². The largest absolute Gasteiger partial charge is 0.351 e. The summed E-state index contributed by atoms with van der Waals surface area (Å²) in [6.45, 7) is 5.05. The Balaban J connectivity index is 2.45. The number of benzene rings is 1. The first kappa shape index (κ1) is 13.4. The van der Waals surface area contributed by atoms with Gasteiger partial charge in [-0.25, -0.2) is 0 Å². The molecule has 1 fully saturated rings. The van der Waals surface area contributed by atoms with Crippen molar-refractivity contribution in [1.29, 1.82) is 0 Å².